The Labute approximate surface area is 139 Å². The molecule has 3 N–H and O–H groups in total. The average Bonchev–Trinajstić information content (AvgIpc) is 3.05. The van der Waals surface area contributed by atoms with Crippen LogP contribution in [0.1, 0.15) is 0 Å². The number of nitrogens with zero attached hydrogens (tertiary/aromatic N) is 3. The second-order valence-electron chi connectivity index (χ2n) is 6.00. The molecule has 1 atom stereocenters. The van der Waals surface area contributed by atoms with Gasteiger partial charge in [0.05, 0.1) is 5.69 Å². The second kappa shape index (κ2) is 5.88. The van der Waals surface area contributed by atoms with Crippen molar-refractivity contribution in [2.45, 2.75) is 6.04 Å². The molecule has 0 spiro atoms. The van der Waals surface area contributed by atoms with E-state index < -0.39 is 0 Å². The minimum atomic E-state index is -0.242. The van der Waals surface area contributed by atoms with E-state index in [-0.39, 0.29) is 6.04 Å². The third-order valence-corrected chi connectivity index (χ3v) is 4.52. The Morgan fingerprint density at radius 1 is 1.21 bits per heavy atom. The van der Waals surface area contributed by atoms with E-state index in [1.54, 1.807) is 6.20 Å². The van der Waals surface area contributed by atoms with E-state index in [1.807, 2.05) is 30.3 Å². The summed E-state index contributed by atoms with van der Waals surface area (Å²) < 4.78 is 0. The Hall–Kier alpha value is -3.02. The number of nitrogen functional groups attached to an aromatic ring is 1. The highest BCUT2D eigenvalue weighted by atomic mass is 16.1. The van der Waals surface area contributed by atoms with Crippen LogP contribution in [0.15, 0.2) is 48.7 Å². The van der Waals surface area contributed by atoms with E-state index >= 15 is 0 Å². The number of carbonyl (C=O) groups excluding carboxylic acids is 1. The van der Waals surface area contributed by atoms with Gasteiger partial charge in [-0.25, -0.2) is 4.98 Å². The van der Waals surface area contributed by atoms with E-state index in [1.165, 1.54) is 0 Å². The molecule has 3 aromatic rings. The summed E-state index contributed by atoms with van der Waals surface area (Å²) in [6.07, 6.45) is 2.72. The maximum atomic E-state index is 11.7. The summed E-state index contributed by atoms with van der Waals surface area (Å²) in [7, 11) is 0. The van der Waals surface area contributed by atoms with Crippen LogP contribution in [0.4, 0.5) is 17.3 Å². The second-order valence-corrected chi connectivity index (χ2v) is 6.00. The molecule has 24 heavy (non-hydrogen) atoms. The van der Waals surface area contributed by atoms with Gasteiger partial charge in [-0.2, -0.15) is 0 Å². The van der Waals surface area contributed by atoms with Gasteiger partial charge in [-0.3, -0.25) is 0 Å². The molecule has 1 aliphatic rings. The molecule has 0 aliphatic carbocycles. The number of anilines is 3. The molecule has 1 aromatic carbocycles. The Morgan fingerprint density at radius 2 is 2.08 bits per heavy atom. The number of aldehydes is 1. The lowest BCUT2D eigenvalue weighted by molar-refractivity contribution is -0.109. The van der Waals surface area contributed by atoms with Crippen LogP contribution in [0.25, 0.3) is 10.9 Å². The van der Waals surface area contributed by atoms with Crippen molar-refractivity contribution in [3.8, 4) is 0 Å². The lowest BCUT2D eigenvalue weighted by Crippen LogP contribution is -2.54. The quantitative estimate of drug-likeness (QED) is 0.722. The number of nitrogens with one attached hydrogen (secondary N) is 1. The number of carbonyl (C=O) groups is 1. The molecule has 0 radical (unpaired) electrons. The van der Waals surface area contributed by atoms with E-state index in [9.17, 15) is 4.79 Å². The minimum absolute atomic E-state index is 0.242. The fraction of sp³-hybridized carbons (Fsp3) is 0.222. The molecule has 1 aliphatic heterocycles. The molecule has 0 amide bonds. The molecule has 6 nitrogen and oxygen atoms in total. The Balaban J connectivity index is 1.61. The topological polar surface area (TPSA) is 78.2 Å². The number of rotatable bonds is 3. The summed E-state index contributed by atoms with van der Waals surface area (Å²) in [4.78, 5) is 23.6. The summed E-state index contributed by atoms with van der Waals surface area (Å²) in [6.45, 7) is 2.06. The first kappa shape index (κ1) is 14.6. The van der Waals surface area contributed by atoms with Crippen molar-refractivity contribution < 1.29 is 4.79 Å². The third kappa shape index (κ3) is 2.46. The number of aromatic nitrogens is 2. The summed E-state index contributed by atoms with van der Waals surface area (Å²) >= 11 is 0. The highest BCUT2D eigenvalue weighted by Gasteiger charge is 2.29. The van der Waals surface area contributed by atoms with Crippen LogP contribution >= 0.6 is 0 Å². The Kier molecular flexibility index (Phi) is 3.57. The van der Waals surface area contributed by atoms with Gasteiger partial charge in [0.25, 0.3) is 0 Å². The standard InChI is InChI=1S/C18H19N5O/c19-15-5-3-7-20-18(15)22-8-9-23(14(11-22)12-24)17-10-13-4-1-2-6-16(13)21-17/h1-7,10,12,14,21H,8-9,11,19H2. The number of fused-ring (bicyclic) bond motifs is 1. The average molecular weight is 321 g/mol. The van der Waals surface area contributed by atoms with Crippen molar-refractivity contribution in [1.29, 1.82) is 0 Å². The van der Waals surface area contributed by atoms with Gasteiger partial charge in [0.1, 0.15) is 18.1 Å². The summed E-state index contributed by atoms with van der Waals surface area (Å²) in [6, 6.07) is 13.6. The highest BCUT2D eigenvalue weighted by molar-refractivity contribution is 5.85. The number of benzene rings is 1. The van der Waals surface area contributed by atoms with Crippen LogP contribution in [0.5, 0.6) is 0 Å². The van der Waals surface area contributed by atoms with Crippen molar-refractivity contribution in [3.05, 3.63) is 48.7 Å². The summed E-state index contributed by atoms with van der Waals surface area (Å²) in [5, 5.41) is 1.15. The van der Waals surface area contributed by atoms with Gasteiger partial charge in [0.15, 0.2) is 5.82 Å². The monoisotopic (exact) mass is 321 g/mol. The smallest absolute Gasteiger partial charge is 0.151 e. The van der Waals surface area contributed by atoms with Crippen LogP contribution in [0.3, 0.4) is 0 Å². The molecule has 122 valence electrons. The van der Waals surface area contributed by atoms with Crippen molar-refractivity contribution >= 4 is 34.5 Å². The van der Waals surface area contributed by atoms with E-state index in [0.29, 0.717) is 12.2 Å². The maximum Gasteiger partial charge on any atom is 0.151 e. The van der Waals surface area contributed by atoms with Crippen LogP contribution in [-0.4, -0.2) is 41.9 Å². The molecular weight excluding hydrogens is 302 g/mol. The van der Waals surface area contributed by atoms with Crippen LogP contribution in [-0.2, 0) is 4.79 Å². The molecule has 1 fully saturated rings. The molecule has 4 rings (SSSR count). The predicted octanol–water partition coefficient (Wildman–Crippen LogP) is 2.04. The molecule has 1 saturated heterocycles. The van der Waals surface area contributed by atoms with Crippen LogP contribution in [0.2, 0.25) is 0 Å². The highest BCUT2D eigenvalue weighted by Crippen LogP contribution is 2.27. The largest absolute Gasteiger partial charge is 0.396 e. The molecule has 0 saturated carbocycles. The van der Waals surface area contributed by atoms with Gasteiger partial charge in [-0.05, 0) is 24.3 Å². The molecule has 6 heteroatoms. The van der Waals surface area contributed by atoms with Gasteiger partial charge in [-0.1, -0.05) is 18.2 Å². The fourth-order valence-electron chi connectivity index (χ4n) is 3.30. The summed E-state index contributed by atoms with van der Waals surface area (Å²) in [5.74, 6) is 1.72. The van der Waals surface area contributed by atoms with Crippen molar-refractivity contribution in [3.63, 3.8) is 0 Å². The van der Waals surface area contributed by atoms with Gasteiger partial charge in [0, 0.05) is 36.7 Å². The van der Waals surface area contributed by atoms with Gasteiger partial charge < -0.3 is 25.3 Å². The van der Waals surface area contributed by atoms with Crippen molar-refractivity contribution in [2.24, 2.45) is 0 Å². The first-order chi connectivity index (χ1) is 11.8. The van der Waals surface area contributed by atoms with Gasteiger partial charge in [0.2, 0.25) is 0 Å². The molecule has 0 bridgehead atoms. The van der Waals surface area contributed by atoms with E-state index in [4.69, 9.17) is 5.73 Å². The summed E-state index contributed by atoms with van der Waals surface area (Å²) in [5.41, 5.74) is 7.74. The van der Waals surface area contributed by atoms with E-state index in [2.05, 4.69) is 31.9 Å². The number of hydrogen-bond donors (Lipinski definition) is 2. The SMILES string of the molecule is Nc1cccnc1N1CCN(c2cc3ccccc3[nH]2)C(C=O)C1. The van der Waals surface area contributed by atoms with Crippen LogP contribution in [0, 0.1) is 0 Å². The lowest BCUT2D eigenvalue weighted by atomic mass is 10.1. The number of H-pyrrole nitrogens is 1. The number of nitrogens with two attached hydrogens (primary N) is 1. The maximum absolute atomic E-state index is 11.7. The number of para-hydroxylation sites is 1. The normalized spacial score (nSPS) is 18.1. The fourth-order valence-corrected chi connectivity index (χ4v) is 3.30. The lowest BCUT2D eigenvalue weighted by Gasteiger charge is -2.40. The van der Waals surface area contributed by atoms with Crippen molar-refractivity contribution in [2.75, 3.05) is 35.2 Å². The molecule has 2 aromatic heterocycles. The zero-order chi connectivity index (χ0) is 16.5. The Bertz CT molecular complexity index is 841. The number of aromatic amines is 1. The zero-order valence-corrected chi connectivity index (χ0v) is 13.2. The molecule has 3 heterocycles. The van der Waals surface area contributed by atoms with E-state index in [0.717, 1.165) is 41.9 Å². The number of piperazine rings is 1. The molecule has 1 unspecified atom stereocenters. The zero-order valence-electron chi connectivity index (χ0n) is 13.2. The van der Waals surface area contributed by atoms with Crippen LogP contribution < -0.4 is 15.5 Å². The van der Waals surface area contributed by atoms with Gasteiger partial charge >= 0.3 is 0 Å². The predicted molar refractivity (Wildman–Crippen MR) is 96.4 cm³/mol. The third-order valence-electron chi connectivity index (χ3n) is 4.52. The molecular formula is C18H19N5O. The first-order valence-corrected chi connectivity index (χ1v) is 8.01. The Morgan fingerprint density at radius 3 is 2.88 bits per heavy atom. The minimum Gasteiger partial charge on any atom is -0.396 e. The van der Waals surface area contributed by atoms with Crippen molar-refractivity contribution in [1.82, 2.24) is 9.97 Å². The number of pyridine rings is 1. The number of hydrogen-bond acceptors (Lipinski definition) is 5. The van der Waals surface area contributed by atoms with Gasteiger partial charge in [-0.15, -0.1) is 0 Å². The first-order valence-electron chi connectivity index (χ1n) is 8.01.